The number of aliphatic hydroxyl groups is 1. The van der Waals surface area contributed by atoms with E-state index in [1.54, 1.807) is 0 Å². The van der Waals surface area contributed by atoms with Gasteiger partial charge in [-0.15, -0.1) is 11.8 Å². The van der Waals surface area contributed by atoms with Gasteiger partial charge in [0.05, 0.1) is 6.61 Å². The Hall–Kier alpha value is -1.19. The van der Waals surface area contributed by atoms with Gasteiger partial charge >= 0.3 is 0 Å². The van der Waals surface area contributed by atoms with Crippen LogP contribution in [0.4, 0.5) is 0 Å². The monoisotopic (exact) mass is 488 g/mol. The highest BCUT2D eigenvalue weighted by molar-refractivity contribution is 7.99. The molecule has 2 aliphatic heterocycles. The van der Waals surface area contributed by atoms with Crippen molar-refractivity contribution in [3.63, 3.8) is 0 Å². The maximum absolute atomic E-state index is 10.8. The van der Waals surface area contributed by atoms with Crippen LogP contribution in [0.5, 0.6) is 0 Å². The summed E-state index contributed by atoms with van der Waals surface area (Å²) < 4.78 is 25.7. The summed E-state index contributed by atoms with van der Waals surface area (Å²) in [6.07, 6.45) is 0.000566. The summed E-state index contributed by atoms with van der Waals surface area (Å²) in [6.45, 7) is 10.9. The quantitative estimate of drug-likeness (QED) is 0.628. The Morgan fingerprint density at radius 1 is 0.939 bits per heavy atom. The number of ether oxygens (including phenoxy) is 3. The summed E-state index contributed by atoms with van der Waals surface area (Å²) in [7, 11) is -2.71. The van der Waals surface area contributed by atoms with Crippen LogP contribution in [0.2, 0.25) is 5.04 Å². The lowest BCUT2D eigenvalue weighted by atomic mass is 10.0. The number of hydrogen-bond donors (Lipinski definition) is 1. The van der Waals surface area contributed by atoms with Crippen LogP contribution in [-0.2, 0) is 18.6 Å². The fourth-order valence-corrected chi connectivity index (χ4v) is 10.4. The van der Waals surface area contributed by atoms with Crippen molar-refractivity contribution in [2.24, 2.45) is 0 Å². The van der Waals surface area contributed by atoms with Crippen LogP contribution in [-0.4, -0.2) is 61.9 Å². The molecule has 0 radical (unpaired) electrons. The van der Waals surface area contributed by atoms with Gasteiger partial charge in [-0.2, -0.15) is 0 Å². The predicted molar refractivity (Wildman–Crippen MR) is 136 cm³/mol. The Morgan fingerprint density at radius 2 is 1.45 bits per heavy atom. The van der Waals surface area contributed by atoms with E-state index in [-0.39, 0.29) is 11.1 Å². The SMILES string of the molecule is CS[C@@H]1O[C@H](CO[Si](c2ccccc2)(c2ccccc2)C(C)(C)C)[C@@H]2OC(C)(C)O[C@@H]2[C@H]1O. The Balaban J connectivity index is 1.71. The fourth-order valence-electron chi connectivity index (χ4n) is 5.15. The summed E-state index contributed by atoms with van der Waals surface area (Å²) in [4.78, 5) is 0. The van der Waals surface area contributed by atoms with Gasteiger partial charge in [-0.1, -0.05) is 81.4 Å². The first-order valence-electron chi connectivity index (χ1n) is 11.6. The van der Waals surface area contributed by atoms with Gasteiger partial charge in [0.25, 0.3) is 8.32 Å². The van der Waals surface area contributed by atoms with Crippen LogP contribution in [0.25, 0.3) is 0 Å². The van der Waals surface area contributed by atoms with E-state index in [1.807, 2.05) is 32.2 Å². The van der Waals surface area contributed by atoms with Crippen molar-refractivity contribution < 1.29 is 23.7 Å². The Bertz CT molecular complexity index is 878. The van der Waals surface area contributed by atoms with Gasteiger partial charge in [0.1, 0.15) is 29.9 Å². The molecule has 180 valence electrons. The molecule has 0 bridgehead atoms. The second-order valence-corrected chi connectivity index (χ2v) is 15.5. The molecule has 7 heteroatoms. The molecule has 1 N–H and O–H groups in total. The van der Waals surface area contributed by atoms with E-state index < -0.39 is 37.9 Å². The lowest BCUT2D eigenvalue weighted by Crippen LogP contribution is -2.68. The summed E-state index contributed by atoms with van der Waals surface area (Å²) in [6, 6.07) is 21.1. The fraction of sp³-hybridized carbons (Fsp3) is 0.538. The van der Waals surface area contributed by atoms with Gasteiger partial charge in [-0.25, -0.2) is 0 Å². The number of fused-ring (bicyclic) bond motifs is 1. The summed E-state index contributed by atoms with van der Waals surface area (Å²) in [5, 5.41) is 13.1. The first-order chi connectivity index (χ1) is 15.6. The maximum atomic E-state index is 10.8. The van der Waals surface area contributed by atoms with E-state index in [0.717, 1.165) is 0 Å². The first-order valence-corrected chi connectivity index (χ1v) is 14.8. The molecule has 5 nitrogen and oxygen atoms in total. The number of rotatable bonds is 6. The van der Waals surface area contributed by atoms with Crippen LogP contribution >= 0.6 is 11.8 Å². The summed E-state index contributed by atoms with van der Waals surface area (Å²) >= 11 is 1.49. The topological polar surface area (TPSA) is 57.2 Å². The smallest absolute Gasteiger partial charge is 0.261 e. The van der Waals surface area contributed by atoms with Gasteiger partial charge in [0, 0.05) is 0 Å². The molecule has 5 atom stereocenters. The zero-order valence-electron chi connectivity index (χ0n) is 20.4. The minimum atomic E-state index is -2.71. The predicted octanol–water partition coefficient (Wildman–Crippen LogP) is 3.53. The molecule has 2 heterocycles. The summed E-state index contributed by atoms with van der Waals surface area (Å²) in [5.41, 5.74) is -0.392. The molecular weight excluding hydrogens is 452 g/mol. The average molecular weight is 489 g/mol. The molecule has 2 saturated heterocycles. The molecule has 2 fully saturated rings. The van der Waals surface area contributed by atoms with Gasteiger partial charge in [0.15, 0.2) is 5.79 Å². The molecule has 2 aromatic carbocycles. The third kappa shape index (κ3) is 4.69. The number of thioether (sulfide) groups is 1. The van der Waals surface area contributed by atoms with E-state index in [2.05, 4.69) is 69.3 Å². The molecule has 0 amide bonds. The third-order valence-corrected chi connectivity index (χ3v) is 12.4. The van der Waals surface area contributed by atoms with E-state index in [4.69, 9.17) is 18.6 Å². The van der Waals surface area contributed by atoms with Gasteiger partial charge in [-0.05, 0) is 35.5 Å². The number of hydrogen-bond acceptors (Lipinski definition) is 6. The first kappa shape index (κ1) is 24.9. The molecule has 0 unspecified atom stereocenters. The summed E-state index contributed by atoms with van der Waals surface area (Å²) in [5.74, 6) is -0.775. The second kappa shape index (κ2) is 9.45. The zero-order chi connectivity index (χ0) is 23.9. The van der Waals surface area contributed by atoms with Crippen LogP contribution in [0.1, 0.15) is 34.6 Å². The Morgan fingerprint density at radius 3 is 1.94 bits per heavy atom. The lowest BCUT2D eigenvalue weighted by Gasteiger charge is -2.45. The molecule has 33 heavy (non-hydrogen) atoms. The van der Waals surface area contributed by atoms with Gasteiger partial charge in [-0.3, -0.25) is 0 Å². The molecule has 4 rings (SSSR count). The highest BCUT2D eigenvalue weighted by atomic mass is 32.2. The van der Waals surface area contributed by atoms with E-state index in [9.17, 15) is 5.11 Å². The van der Waals surface area contributed by atoms with Crippen molar-refractivity contribution in [2.45, 2.75) is 75.3 Å². The maximum Gasteiger partial charge on any atom is 0.261 e. The van der Waals surface area contributed by atoms with Gasteiger partial charge < -0.3 is 23.7 Å². The zero-order valence-corrected chi connectivity index (χ0v) is 22.2. The van der Waals surface area contributed by atoms with E-state index in [0.29, 0.717) is 6.61 Å². The van der Waals surface area contributed by atoms with Crippen molar-refractivity contribution >= 4 is 30.5 Å². The molecule has 2 aliphatic rings. The van der Waals surface area contributed by atoms with Crippen LogP contribution in [0.3, 0.4) is 0 Å². The number of aliphatic hydroxyl groups excluding tert-OH is 1. The molecule has 0 aromatic heterocycles. The highest BCUT2D eigenvalue weighted by Crippen LogP contribution is 2.41. The molecule has 2 aromatic rings. The van der Waals surface area contributed by atoms with Crippen molar-refractivity contribution in [3.05, 3.63) is 60.7 Å². The molecule has 0 aliphatic carbocycles. The molecule has 0 spiro atoms. The largest absolute Gasteiger partial charge is 0.405 e. The Labute approximate surface area is 202 Å². The van der Waals surface area contributed by atoms with Crippen LogP contribution < -0.4 is 10.4 Å². The lowest BCUT2D eigenvalue weighted by molar-refractivity contribution is -0.166. The van der Waals surface area contributed by atoms with Crippen LogP contribution in [0.15, 0.2) is 60.7 Å². The van der Waals surface area contributed by atoms with Crippen LogP contribution in [0, 0.1) is 0 Å². The van der Waals surface area contributed by atoms with Crippen molar-refractivity contribution in [1.82, 2.24) is 0 Å². The van der Waals surface area contributed by atoms with Crippen molar-refractivity contribution in [2.75, 3.05) is 12.9 Å². The van der Waals surface area contributed by atoms with E-state index in [1.165, 1.54) is 22.1 Å². The standard InChI is InChI=1S/C26H36O5SSi/c1-25(2,3)33(18-13-9-7-10-14-18,19-15-11-8-12-16-19)28-17-20-22-23(31-26(4,5)30-22)21(27)24(29-20)32-6/h7-16,20-24,27H,17H2,1-6H3/t20-,21-,22+,23-,24+/m1/s1. The van der Waals surface area contributed by atoms with Crippen molar-refractivity contribution in [1.29, 1.82) is 0 Å². The second-order valence-electron chi connectivity index (χ2n) is 10.3. The van der Waals surface area contributed by atoms with Gasteiger partial charge in [0.2, 0.25) is 0 Å². The minimum Gasteiger partial charge on any atom is -0.405 e. The minimum absolute atomic E-state index is 0.130. The normalized spacial score (nSPS) is 29.6. The van der Waals surface area contributed by atoms with E-state index >= 15 is 0 Å². The average Bonchev–Trinajstić information content (AvgIpc) is 3.12. The highest BCUT2D eigenvalue weighted by Gasteiger charge is 2.56. The molecule has 0 saturated carbocycles. The van der Waals surface area contributed by atoms with Crippen molar-refractivity contribution in [3.8, 4) is 0 Å². The number of benzene rings is 2. The Kier molecular flexibility index (Phi) is 7.14. The third-order valence-electron chi connectivity index (χ3n) is 6.57. The molecular formula is C26H36O5SSi.